The number of aryl methyl sites for hydroxylation is 4. The Morgan fingerprint density at radius 2 is 1.21 bits per heavy atom. The molecule has 176 valence electrons. The summed E-state index contributed by atoms with van der Waals surface area (Å²) in [4.78, 5) is 21.7. The van der Waals surface area contributed by atoms with Crippen LogP contribution in [0.15, 0.2) is 73.8 Å². The van der Waals surface area contributed by atoms with Gasteiger partial charge >= 0.3 is 6.03 Å². The first kappa shape index (κ1) is 23.3. The highest BCUT2D eigenvalue weighted by molar-refractivity contribution is 5.75. The zero-order valence-corrected chi connectivity index (χ0v) is 20.2. The van der Waals surface area contributed by atoms with Gasteiger partial charge in [0.15, 0.2) is 0 Å². The number of hydrogen-bond donors (Lipinski definition) is 2. The molecule has 0 saturated heterocycles. The Kier molecular flexibility index (Phi) is 7.11. The first-order valence-electron chi connectivity index (χ1n) is 11.5. The van der Waals surface area contributed by atoms with Crippen LogP contribution >= 0.6 is 0 Å². The van der Waals surface area contributed by atoms with E-state index in [1.165, 1.54) is 11.1 Å². The van der Waals surface area contributed by atoms with Crippen LogP contribution in [0.3, 0.4) is 0 Å². The Bertz CT molecular complexity index is 1130. The van der Waals surface area contributed by atoms with E-state index >= 15 is 0 Å². The second-order valence-electron chi connectivity index (χ2n) is 8.96. The summed E-state index contributed by atoms with van der Waals surface area (Å²) in [6.45, 7) is 9.50. The van der Waals surface area contributed by atoms with E-state index in [1.807, 2.05) is 21.5 Å². The van der Waals surface area contributed by atoms with Gasteiger partial charge in [0.2, 0.25) is 0 Å². The fourth-order valence-electron chi connectivity index (χ4n) is 4.45. The minimum atomic E-state index is -0.213. The van der Waals surface area contributed by atoms with Gasteiger partial charge in [-0.15, -0.1) is 0 Å². The number of imidazole rings is 2. The molecule has 2 atom stereocenters. The van der Waals surface area contributed by atoms with Gasteiger partial charge in [0.25, 0.3) is 0 Å². The topological polar surface area (TPSA) is 76.8 Å². The molecule has 4 aromatic rings. The van der Waals surface area contributed by atoms with Gasteiger partial charge in [-0.05, 0) is 49.9 Å². The largest absolute Gasteiger partial charge is 0.335 e. The van der Waals surface area contributed by atoms with Gasteiger partial charge in [-0.3, -0.25) is 0 Å². The van der Waals surface area contributed by atoms with Crippen molar-refractivity contribution >= 4 is 6.03 Å². The van der Waals surface area contributed by atoms with Crippen molar-refractivity contribution < 1.29 is 4.79 Å². The van der Waals surface area contributed by atoms with E-state index in [9.17, 15) is 4.79 Å². The highest BCUT2D eigenvalue weighted by Gasteiger charge is 2.21. The molecule has 0 aliphatic heterocycles. The molecule has 4 rings (SSSR count). The van der Waals surface area contributed by atoms with Crippen molar-refractivity contribution in [1.82, 2.24) is 29.7 Å². The Morgan fingerprint density at radius 3 is 1.56 bits per heavy atom. The van der Waals surface area contributed by atoms with Crippen molar-refractivity contribution in [3.05, 3.63) is 107 Å². The van der Waals surface area contributed by atoms with Crippen LogP contribution in [0.5, 0.6) is 0 Å². The number of rotatable bonds is 8. The average Bonchev–Trinajstić information content (AvgIpc) is 3.47. The molecule has 2 amide bonds. The minimum absolute atomic E-state index is 0.206. The third-order valence-electron chi connectivity index (χ3n) is 6.12. The predicted octanol–water partition coefficient (Wildman–Crippen LogP) is 4.80. The van der Waals surface area contributed by atoms with Gasteiger partial charge in [-0.2, -0.15) is 0 Å². The average molecular weight is 457 g/mol. The number of nitrogens with one attached hydrogen (secondary N) is 2. The molecule has 2 aromatic carbocycles. The van der Waals surface area contributed by atoms with E-state index in [0.29, 0.717) is 13.1 Å². The van der Waals surface area contributed by atoms with E-state index in [2.05, 4.69) is 84.7 Å². The summed E-state index contributed by atoms with van der Waals surface area (Å²) >= 11 is 0. The molecule has 34 heavy (non-hydrogen) atoms. The van der Waals surface area contributed by atoms with E-state index in [-0.39, 0.29) is 18.1 Å². The standard InChI is InChI=1S/C27H32N6O/c1-19-5-7-23(21(3)13-19)25(15-32-11-9-28-17-32)30-27(34)31-26(16-33-12-10-29-18-33)24-8-6-20(2)14-22(24)4/h5-14,17-18,25-26H,15-16H2,1-4H3,(H2,30,31,34). The fourth-order valence-corrected chi connectivity index (χ4v) is 4.45. The quantitative estimate of drug-likeness (QED) is 0.400. The number of aromatic nitrogens is 4. The Balaban J connectivity index is 1.58. The lowest BCUT2D eigenvalue weighted by atomic mass is 9.98. The highest BCUT2D eigenvalue weighted by Crippen LogP contribution is 2.23. The van der Waals surface area contributed by atoms with Crippen molar-refractivity contribution in [3.8, 4) is 0 Å². The maximum atomic E-state index is 13.4. The number of nitrogens with zero attached hydrogens (tertiary/aromatic N) is 4. The Labute approximate surface area is 200 Å². The molecule has 0 fully saturated rings. The number of benzene rings is 2. The van der Waals surface area contributed by atoms with Crippen molar-refractivity contribution in [2.45, 2.75) is 52.9 Å². The summed E-state index contributed by atoms with van der Waals surface area (Å²) < 4.78 is 3.97. The molecular formula is C27H32N6O. The van der Waals surface area contributed by atoms with Crippen molar-refractivity contribution in [3.63, 3.8) is 0 Å². The van der Waals surface area contributed by atoms with Crippen molar-refractivity contribution in [2.24, 2.45) is 0 Å². The Hall–Kier alpha value is -3.87. The number of carbonyl (C=O) groups is 1. The molecule has 7 heteroatoms. The lowest BCUT2D eigenvalue weighted by molar-refractivity contribution is 0.230. The molecule has 0 radical (unpaired) electrons. The van der Waals surface area contributed by atoms with Gasteiger partial charge in [0.1, 0.15) is 0 Å². The Morgan fingerprint density at radius 1 is 0.765 bits per heavy atom. The first-order chi connectivity index (χ1) is 16.4. The van der Waals surface area contributed by atoms with E-state index in [1.54, 1.807) is 25.0 Å². The van der Waals surface area contributed by atoms with Crippen LogP contribution in [0.25, 0.3) is 0 Å². The summed E-state index contributed by atoms with van der Waals surface area (Å²) in [5, 5.41) is 6.44. The molecule has 7 nitrogen and oxygen atoms in total. The lowest BCUT2D eigenvalue weighted by Crippen LogP contribution is -2.42. The van der Waals surface area contributed by atoms with Crippen LogP contribution in [0.4, 0.5) is 4.79 Å². The van der Waals surface area contributed by atoms with Crippen LogP contribution < -0.4 is 10.6 Å². The molecule has 0 spiro atoms. The third kappa shape index (κ3) is 5.73. The molecular weight excluding hydrogens is 424 g/mol. The second-order valence-corrected chi connectivity index (χ2v) is 8.96. The van der Waals surface area contributed by atoms with E-state index < -0.39 is 0 Å². The summed E-state index contributed by atoms with van der Waals surface area (Å²) in [6.07, 6.45) is 10.9. The highest BCUT2D eigenvalue weighted by atomic mass is 16.2. The van der Waals surface area contributed by atoms with Gasteiger partial charge in [0, 0.05) is 37.9 Å². The van der Waals surface area contributed by atoms with Crippen molar-refractivity contribution in [2.75, 3.05) is 0 Å². The maximum absolute atomic E-state index is 13.4. The second kappa shape index (κ2) is 10.4. The maximum Gasteiger partial charge on any atom is 0.315 e. The zero-order valence-electron chi connectivity index (χ0n) is 20.2. The van der Waals surface area contributed by atoms with Gasteiger partial charge in [-0.25, -0.2) is 14.8 Å². The normalized spacial score (nSPS) is 12.8. The minimum Gasteiger partial charge on any atom is -0.335 e. The molecule has 2 unspecified atom stereocenters. The SMILES string of the molecule is Cc1ccc(C(Cn2ccnc2)NC(=O)NC(Cn2ccnc2)c2ccc(C)cc2C)c(C)c1. The number of carbonyl (C=O) groups excluding carboxylic acids is 1. The van der Waals surface area contributed by atoms with Crippen LogP contribution in [0.2, 0.25) is 0 Å². The van der Waals surface area contributed by atoms with Crippen LogP contribution in [0.1, 0.15) is 45.5 Å². The van der Waals surface area contributed by atoms with Crippen LogP contribution in [-0.2, 0) is 13.1 Å². The van der Waals surface area contributed by atoms with Crippen LogP contribution in [-0.4, -0.2) is 25.1 Å². The summed E-state index contributed by atoms with van der Waals surface area (Å²) in [5.74, 6) is 0. The fraction of sp³-hybridized carbons (Fsp3) is 0.296. The van der Waals surface area contributed by atoms with Gasteiger partial charge < -0.3 is 19.8 Å². The lowest BCUT2D eigenvalue weighted by Gasteiger charge is -2.26. The van der Waals surface area contributed by atoms with Crippen LogP contribution in [0, 0.1) is 27.7 Å². The molecule has 0 aliphatic rings. The third-order valence-corrected chi connectivity index (χ3v) is 6.12. The first-order valence-corrected chi connectivity index (χ1v) is 11.5. The molecule has 2 aromatic heterocycles. The number of urea groups is 1. The monoisotopic (exact) mass is 456 g/mol. The van der Waals surface area contributed by atoms with E-state index in [4.69, 9.17) is 0 Å². The molecule has 2 heterocycles. The smallest absolute Gasteiger partial charge is 0.315 e. The number of hydrogen-bond acceptors (Lipinski definition) is 3. The number of amides is 2. The van der Waals surface area contributed by atoms with Gasteiger partial charge in [0.05, 0.1) is 24.7 Å². The zero-order chi connectivity index (χ0) is 24.1. The molecule has 2 N–H and O–H groups in total. The molecule has 0 bridgehead atoms. The van der Waals surface area contributed by atoms with Crippen molar-refractivity contribution in [1.29, 1.82) is 0 Å². The van der Waals surface area contributed by atoms with Gasteiger partial charge in [-0.1, -0.05) is 47.5 Å². The summed E-state index contributed by atoms with van der Waals surface area (Å²) in [6, 6.07) is 12.0. The summed E-state index contributed by atoms with van der Waals surface area (Å²) in [7, 11) is 0. The summed E-state index contributed by atoms with van der Waals surface area (Å²) in [5.41, 5.74) is 6.87. The van der Waals surface area contributed by atoms with E-state index in [0.717, 1.165) is 22.3 Å². The predicted molar refractivity (Wildman–Crippen MR) is 133 cm³/mol. The molecule has 0 saturated carbocycles. The molecule has 0 aliphatic carbocycles.